The van der Waals surface area contributed by atoms with Crippen LogP contribution >= 0.6 is 0 Å². The lowest BCUT2D eigenvalue weighted by atomic mass is 10.00. The summed E-state index contributed by atoms with van der Waals surface area (Å²) in [7, 11) is 0. The van der Waals surface area contributed by atoms with Crippen LogP contribution in [0.1, 0.15) is 64.5 Å². The van der Waals surface area contributed by atoms with Crippen LogP contribution in [0, 0.1) is 6.42 Å². The van der Waals surface area contributed by atoms with Crippen molar-refractivity contribution in [1.29, 1.82) is 0 Å². The van der Waals surface area contributed by atoms with Crippen LogP contribution in [0.3, 0.4) is 0 Å². The zero-order valence-electron chi connectivity index (χ0n) is 17.7. The third kappa shape index (κ3) is 6.02. The van der Waals surface area contributed by atoms with Crippen molar-refractivity contribution in [1.82, 2.24) is 0 Å². The van der Waals surface area contributed by atoms with Crippen molar-refractivity contribution in [3.63, 3.8) is 0 Å². The van der Waals surface area contributed by atoms with Crippen molar-refractivity contribution in [3.8, 4) is 0 Å². The fourth-order valence-electron chi connectivity index (χ4n) is 3.75. The number of hydrogen-bond acceptors (Lipinski definition) is 2. The average molecular weight is 366 g/mol. The second-order valence-electron chi connectivity index (χ2n) is 7.24. The second-order valence-corrected chi connectivity index (χ2v) is 7.24. The van der Waals surface area contributed by atoms with Gasteiger partial charge in [-0.15, -0.1) is 0 Å². The fourth-order valence-corrected chi connectivity index (χ4v) is 3.75. The maximum atomic E-state index is 2.53. The summed E-state index contributed by atoms with van der Waals surface area (Å²) in [4.78, 5) is 5.06. The topological polar surface area (TPSA) is 6.48 Å². The van der Waals surface area contributed by atoms with Crippen LogP contribution in [0.15, 0.2) is 48.5 Å². The van der Waals surface area contributed by atoms with Gasteiger partial charge in [-0.3, -0.25) is 0 Å². The number of anilines is 2. The van der Waals surface area contributed by atoms with E-state index < -0.39 is 0 Å². The summed E-state index contributed by atoms with van der Waals surface area (Å²) in [6.45, 7) is 13.5. The zero-order chi connectivity index (χ0) is 19.5. The first-order chi connectivity index (χ1) is 13.2. The number of nitrogens with zero attached hydrogens (tertiary/aromatic N) is 2. The quantitative estimate of drug-likeness (QED) is 0.421. The number of hydrogen-bond donors (Lipinski definition) is 0. The summed E-state index contributed by atoms with van der Waals surface area (Å²) in [5.74, 6) is 0. The number of rotatable bonds is 12. The third-order valence-corrected chi connectivity index (χ3v) is 4.84. The van der Waals surface area contributed by atoms with Gasteiger partial charge in [0.05, 0.1) is 0 Å². The molecule has 0 unspecified atom stereocenters. The molecule has 0 spiro atoms. The maximum absolute atomic E-state index is 2.53. The molecule has 0 aliphatic heterocycles. The molecule has 2 aromatic rings. The first-order valence-electron chi connectivity index (χ1n) is 10.8. The Kier molecular flexibility index (Phi) is 9.24. The maximum Gasteiger partial charge on any atom is 0.0405 e. The van der Waals surface area contributed by atoms with Crippen LogP contribution in [-0.4, -0.2) is 26.2 Å². The molecule has 0 fully saturated rings. The summed E-state index contributed by atoms with van der Waals surface area (Å²) < 4.78 is 0. The molecule has 0 aliphatic rings. The monoisotopic (exact) mass is 365 g/mol. The lowest BCUT2D eigenvalue weighted by molar-refractivity contribution is 0.741. The highest BCUT2D eigenvalue weighted by atomic mass is 15.1. The van der Waals surface area contributed by atoms with E-state index in [1.807, 2.05) is 0 Å². The molecule has 2 heteroatoms. The molecule has 0 heterocycles. The Morgan fingerprint density at radius 1 is 0.556 bits per heavy atom. The van der Waals surface area contributed by atoms with E-state index in [1.165, 1.54) is 48.2 Å². The predicted molar refractivity (Wildman–Crippen MR) is 121 cm³/mol. The van der Waals surface area contributed by atoms with E-state index in [9.17, 15) is 0 Å². The van der Waals surface area contributed by atoms with Gasteiger partial charge in [0.1, 0.15) is 0 Å². The molecule has 2 rings (SSSR count). The average Bonchev–Trinajstić information content (AvgIpc) is 2.69. The van der Waals surface area contributed by atoms with Crippen LogP contribution in [-0.2, 0) is 0 Å². The highest BCUT2D eigenvalue weighted by molar-refractivity contribution is 5.65. The molecule has 0 amide bonds. The molecule has 0 aliphatic carbocycles. The van der Waals surface area contributed by atoms with Crippen molar-refractivity contribution in [2.45, 2.75) is 53.4 Å². The molecule has 1 radical (unpaired) electrons. The minimum atomic E-state index is 1.11. The van der Waals surface area contributed by atoms with E-state index in [2.05, 4.69) is 92.4 Å². The van der Waals surface area contributed by atoms with Crippen molar-refractivity contribution in [3.05, 3.63) is 66.1 Å². The third-order valence-electron chi connectivity index (χ3n) is 4.84. The standard InChI is InChI=1S/C25H37N2/c1-5-17-26(18-6-2)24-15-11-9-13-22(24)21-23-14-10-12-16-25(23)27(19-7-3)20-8-4/h9-16,21H,5-8,17-20H2,1-4H3. The van der Waals surface area contributed by atoms with Gasteiger partial charge in [0, 0.05) is 44.0 Å². The van der Waals surface area contributed by atoms with Crippen molar-refractivity contribution < 1.29 is 0 Å². The van der Waals surface area contributed by atoms with E-state index in [4.69, 9.17) is 0 Å². The number of para-hydroxylation sites is 2. The second kappa shape index (κ2) is 11.7. The Labute approximate surface area is 167 Å². The Hall–Kier alpha value is -1.96. The van der Waals surface area contributed by atoms with Crippen LogP contribution in [0.5, 0.6) is 0 Å². The molecule has 0 bridgehead atoms. The minimum Gasteiger partial charge on any atom is -0.371 e. The predicted octanol–water partition coefficient (Wildman–Crippen LogP) is 6.54. The van der Waals surface area contributed by atoms with Gasteiger partial charge in [0.2, 0.25) is 0 Å². The van der Waals surface area contributed by atoms with Gasteiger partial charge in [-0.25, -0.2) is 0 Å². The Morgan fingerprint density at radius 3 is 1.22 bits per heavy atom. The summed E-state index contributed by atoms with van der Waals surface area (Å²) in [5.41, 5.74) is 5.35. The van der Waals surface area contributed by atoms with Crippen molar-refractivity contribution in [2.24, 2.45) is 0 Å². The van der Waals surface area contributed by atoms with E-state index in [0.29, 0.717) is 0 Å². The molecule has 0 saturated carbocycles. The van der Waals surface area contributed by atoms with E-state index in [1.54, 1.807) is 0 Å². The highest BCUT2D eigenvalue weighted by Crippen LogP contribution is 2.30. The SMILES string of the molecule is CCCN(CCC)c1ccccc1[CH]c1ccccc1N(CCC)CCC. The largest absolute Gasteiger partial charge is 0.371 e. The highest BCUT2D eigenvalue weighted by Gasteiger charge is 2.14. The molecular formula is C25H37N2. The molecule has 0 aromatic heterocycles. The minimum absolute atomic E-state index is 1.11. The van der Waals surface area contributed by atoms with Gasteiger partial charge in [0.25, 0.3) is 0 Å². The van der Waals surface area contributed by atoms with Crippen LogP contribution in [0.25, 0.3) is 0 Å². The zero-order valence-corrected chi connectivity index (χ0v) is 17.7. The van der Waals surface area contributed by atoms with Gasteiger partial charge in [-0.05, 0) is 48.9 Å². The van der Waals surface area contributed by atoms with Gasteiger partial charge < -0.3 is 9.80 Å². The van der Waals surface area contributed by atoms with Crippen LogP contribution in [0.4, 0.5) is 11.4 Å². The lowest BCUT2D eigenvalue weighted by Gasteiger charge is -2.28. The molecule has 0 N–H and O–H groups in total. The summed E-state index contributed by atoms with van der Waals surface area (Å²) in [5, 5.41) is 0. The molecular weight excluding hydrogens is 328 g/mol. The van der Waals surface area contributed by atoms with Crippen molar-refractivity contribution in [2.75, 3.05) is 36.0 Å². The fraction of sp³-hybridized carbons (Fsp3) is 0.480. The first kappa shape index (κ1) is 21.3. The molecule has 0 saturated heterocycles. The summed E-state index contributed by atoms with van der Waals surface area (Å²) in [6, 6.07) is 17.7. The van der Waals surface area contributed by atoms with Crippen molar-refractivity contribution >= 4 is 11.4 Å². The van der Waals surface area contributed by atoms with Gasteiger partial charge in [-0.2, -0.15) is 0 Å². The van der Waals surface area contributed by atoms with E-state index in [0.717, 1.165) is 26.2 Å². The molecule has 2 aromatic carbocycles. The molecule has 0 atom stereocenters. The lowest BCUT2D eigenvalue weighted by Crippen LogP contribution is -2.27. The Balaban J connectivity index is 2.35. The van der Waals surface area contributed by atoms with Crippen LogP contribution < -0.4 is 9.80 Å². The first-order valence-corrected chi connectivity index (χ1v) is 10.8. The Bertz CT molecular complexity index is 595. The number of benzene rings is 2. The van der Waals surface area contributed by atoms with Gasteiger partial charge >= 0.3 is 0 Å². The normalized spacial score (nSPS) is 10.8. The molecule has 2 nitrogen and oxygen atoms in total. The molecule has 27 heavy (non-hydrogen) atoms. The van der Waals surface area contributed by atoms with Crippen LogP contribution in [0.2, 0.25) is 0 Å². The van der Waals surface area contributed by atoms with Gasteiger partial charge in [-0.1, -0.05) is 64.1 Å². The van der Waals surface area contributed by atoms with E-state index in [-0.39, 0.29) is 0 Å². The Morgan fingerprint density at radius 2 is 0.889 bits per heavy atom. The summed E-state index contributed by atoms with van der Waals surface area (Å²) >= 11 is 0. The van der Waals surface area contributed by atoms with Gasteiger partial charge in [0.15, 0.2) is 0 Å². The summed E-state index contributed by atoms with van der Waals surface area (Å²) in [6.07, 6.45) is 7.07. The smallest absolute Gasteiger partial charge is 0.0405 e. The molecule has 147 valence electrons. The van der Waals surface area contributed by atoms with E-state index >= 15 is 0 Å².